The Morgan fingerprint density at radius 2 is 2.29 bits per heavy atom. The Kier molecular flexibility index (Phi) is 2.71. The summed E-state index contributed by atoms with van der Waals surface area (Å²) >= 11 is 0. The van der Waals surface area contributed by atoms with Crippen LogP contribution in [0.15, 0.2) is 18.2 Å². The van der Waals surface area contributed by atoms with Crippen molar-refractivity contribution in [3.63, 3.8) is 0 Å². The molecule has 1 saturated heterocycles. The molecule has 0 unspecified atom stereocenters. The van der Waals surface area contributed by atoms with E-state index < -0.39 is 0 Å². The number of rotatable bonds is 1. The fraction of sp³-hybridized carbons (Fsp3) is 0.571. The first-order chi connectivity index (χ1) is 8.31. The third kappa shape index (κ3) is 1.69. The number of methoxy groups -OCH3 is 1. The minimum atomic E-state index is 0.531. The Hall–Kier alpha value is -1.22. The van der Waals surface area contributed by atoms with Crippen LogP contribution in [0.3, 0.4) is 0 Å². The third-order valence-corrected chi connectivity index (χ3v) is 4.08. The van der Waals surface area contributed by atoms with Crippen molar-refractivity contribution in [1.82, 2.24) is 4.90 Å². The van der Waals surface area contributed by atoms with Gasteiger partial charge in [-0.25, -0.2) is 0 Å². The lowest BCUT2D eigenvalue weighted by Gasteiger charge is -2.42. The molecule has 3 nitrogen and oxygen atoms in total. The number of hydrogen-bond donors (Lipinski definition) is 0. The molecule has 0 N–H and O–H groups in total. The lowest BCUT2D eigenvalue weighted by atomic mass is 9.82. The number of para-hydroxylation sites is 1. The average Bonchev–Trinajstić information content (AvgIpc) is 2.38. The van der Waals surface area contributed by atoms with Gasteiger partial charge < -0.3 is 9.47 Å². The molecule has 0 amide bonds. The van der Waals surface area contributed by atoms with Crippen LogP contribution >= 0.6 is 0 Å². The van der Waals surface area contributed by atoms with Gasteiger partial charge in [-0.1, -0.05) is 12.1 Å². The van der Waals surface area contributed by atoms with Gasteiger partial charge in [0, 0.05) is 11.5 Å². The van der Waals surface area contributed by atoms with Gasteiger partial charge in [0.15, 0.2) is 11.5 Å². The van der Waals surface area contributed by atoms with Crippen molar-refractivity contribution in [3.05, 3.63) is 23.8 Å². The number of benzene rings is 1. The molecule has 2 aliphatic heterocycles. The van der Waals surface area contributed by atoms with Crippen LogP contribution in [0.4, 0.5) is 0 Å². The normalized spacial score (nSPS) is 27.9. The minimum Gasteiger partial charge on any atom is -0.493 e. The van der Waals surface area contributed by atoms with Gasteiger partial charge >= 0.3 is 0 Å². The number of likely N-dealkylation sites (N-methyl/N-ethyl adjacent to an activating group) is 1. The van der Waals surface area contributed by atoms with Crippen molar-refractivity contribution in [2.24, 2.45) is 0 Å². The molecule has 2 aliphatic rings. The number of likely N-dealkylation sites (tertiary alicyclic amines) is 1. The molecule has 1 aromatic rings. The Bertz CT molecular complexity index is 419. The summed E-state index contributed by atoms with van der Waals surface area (Å²) in [5, 5.41) is 0. The SMILES string of the molecule is COc1cccc2c1OC[C@@H]1[C@@H]2CCCN1C. The highest BCUT2D eigenvalue weighted by atomic mass is 16.5. The molecule has 0 spiro atoms. The molecule has 0 aliphatic carbocycles. The van der Waals surface area contributed by atoms with Crippen LogP contribution in [-0.4, -0.2) is 38.3 Å². The zero-order valence-electron chi connectivity index (χ0n) is 10.5. The van der Waals surface area contributed by atoms with Gasteiger partial charge in [-0.15, -0.1) is 0 Å². The molecule has 3 rings (SSSR count). The lowest BCUT2D eigenvalue weighted by molar-refractivity contribution is 0.0848. The van der Waals surface area contributed by atoms with E-state index in [1.54, 1.807) is 7.11 Å². The highest BCUT2D eigenvalue weighted by Gasteiger charge is 2.36. The van der Waals surface area contributed by atoms with Crippen LogP contribution in [-0.2, 0) is 0 Å². The highest BCUT2D eigenvalue weighted by Crippen LogP contribution is 2.44. The summed E-state index contributed by atoms with van der Waals surface area (Å²) in [4.78, 5) is 2.43. The average molecular weight is 233 g/mol. The molecule has 2 heterocycles. The van der Waals surface area contributed by atoms with Crippen molar-refractivity contribution in [3.8, 4) is 11.5 Å². The van der Waals surface area contributed by atoms with E-state index >= 15 is 0 Å². The van der Waals surface area contributed by atoms with E-state index in [0.717, 1.165) is 18.1 Å². The van der Waals surface area contributed by atoms with Crippen molar-refractivity contribution < 1.29 is 9.47 Å². The van der Waals surface area contributed by atoms with Crippen LogP contribution in [0.25, 0.3) is 0 Å². The maximum absolute atomic E-state index is 5.92. The first kappa shape index (κ1) is 10.9. The van der Waals surface area contributed by atoms with E-state index in [4.69, 9.17) is 9.47 Å². The molecule has 17 heavy (non-hydrogen) atoms. The summed E-state index contributed by atoms with van der Waals surface area (Å²) in [6, 6.07) is 6.76. The predicted octanol–water partition coefficient (Wildman–Crippen LogP) is 2.27. The topological polar surface area (TPSA) is 21.7 Å². The van der Waals surface area contributed by atoms with Gasteiger partial charge in [-0.3, -0.25) is 4.90 Å². The Labute approximate surface area is 102 Å². The zero-order valence-corrected chi connectivity index (χ0v) is 10.5. The summed E-state index contributed by atoms with van der Waals surface area (Å²) in [5.41, 5.74) is 1.33. The molecule has 0 saturated carbocycles. The third-order valence-electron chi connectivity index (χ3n) is 4.08. The molecule has 0 bridgehead atoms. The second-order valence-corrected chi connectivity index (χ2v) is 4.99. The number of ether oxygens (including phenoxy) is 2. The van der Waals surface area contributed by atoms with Crippen molar-refractivity contribution in [2.45, 2.75) is 24.8 Å². The maximum Gasteiger partial charge on any atom is 0.164 e. The second-order valence-electron chi connectivity index (χ2n) is 4.99. The summed E-state index contributed by atoms with van der Waals surface area (Å²) in [6.45, 7) is 1.97. The monoisotopic (exact) mass is 233 g/mol. The quantitative estimate of drug-likeness (QED) is 0.742. The summed E-state index contributed by atoms with van der Waals surface area (Å²) in [5.74, 6) is 2.44. The largest absolute Gasteiger partial charge is 0.493 e. The Morgan fingerprint density at radius 3 is 3.12 bits per heavy atom. The van der Waals surface area contributed by atoms with Gasteiger partial charge in [-0.05, 0) is 32.5 Å². The predicted molar refractivity (Wildman–Crippen MR) is 66.9 cm³/mol. The second kappa shape index (κ2) is 4.22. The van der Waals surface area contributed by atoms with E-state index in [-0.39, 0.29) is 0 Å². The van der Waals surface area contributed by atoms with Crippen LogP contribution < -0.4 is 9.47 Å². The number of nitrogens with zero attached hydrogens (tertiary/aromatic N) is 1. The molecule has 0 aromatic heterocycles. The van der Waals surface area contributed by atoms with E-state index in [1.807, 2.05) is 6.07 Å². The molecule has 92 valence electrons. The minimum absolute atomic E-state index is 0.531. The van der Waals surface area contributed by atoms with Crippen LogP contribution in [0.1, 0.15) is 24.3 Å². The molecule has 1 fully saturated rings. The smallest absolute Gasteiger partial charge is 0.164 e. The van der Waals surface area contributed by atoms with Gasteiger partial charge in [0.05, 0.1) is 13.2 Å². The molecule has 2 atom stereocenters. The van der Waals surface area contributed by atoms with Crippen LogP contribution in [0.5, 0.6) is 11.5 Å². The fourth-order valence-corrected chi connectivity index (χ4v) is 3.14. The summed E-state index contributed by atoms with van der Waals surface area (Å²) in [7, 11) is 3.91. The molecule has 1 aromatic carbocycles. The van der Waals surface area contributed by atoms with Gasteiger partial charge in [0.2, 0.25) is 0 Å². The van der Waals surface area contributed by atoms with E-state index in [1.165, 1.54) is 24.9 Å². The van der Waals surface area contributed by atoms with Gasteiger partial charge in [0.25, 0.3) is 0 Å². The number of hydrogen-bond acceptors (Lipinski definition) is 3. The van der Waals surface area contributed by atoms with Crippen molar-refractivity contribution in [1.29, 1.82) is 0 Å². The maximum atomic E-state index is 5.92. The van der Waals surface area contributed by atoms with E-state index in [0.29, 0.717) is 12.0 Å². The van der Waals surface area contributed by atoms with E-state index in [2.05, 4.69) is 24.1 Å². The van der Waals surface area contributed by atoms with Crippen molar-refractivity contribution in [2.75, 3.05) is 27.3 Å². The first-order valence-corrected chi connectivity index (χ1v) is 6.31. The Morgan fingerprint density at radius 1 is 1.41 bits per heavy atom. The Balaban J connectivity index is 2.01. The summed E-state index contributed by atoms with van der Waals surface area (Å²) < 4.78 is 11.3. The first-order valence-electron chi connectivity index (χ1n) is 6.31. The lowest BCUT2D eigenvalue weighted by Crippen LogP contribution is -2.47. The van der Waals surface area contributed by atoms with Crippen LogP contribution in [0, 0.1) is 0 Å². The molecular weight excluding hydrogens is 214 g/mol. The molecular formula is C14H19NO2. The highest BCUT2D eigenvalue weighted by molar-refractivity contribution is 5.50. The fourth-order valence-electron chi connectivity index (χ4n) is 3.14. The van der Waals surface area contributed by atoms with Crippen LogP contribution in [0.2, 0.25) is 0 Å². The zero-order chi connectivity index (χ0) is 11.8. The summed E-state index contributed by atoms with van der Waals surface area (Å²) in [6.07, 6.45) is 2.53. The van der Waals surface area contributed by atoms with Gasteiger partial charge in [0.1, 0.15) is 6.61 Å². The molecule has 3 heteroatoms. The number of fused-ring (bicyclic) bond motifs is 3. The number of piperidine rings is 1. The van der Waals surface area contributed by atoms with Gasteiger partial charge in [-0.2, -0.15) is 0 Å². The van der Waals surface area contributed by atoms with E-state index in [9.17, 15) is 0 Å². The standard InChI is InChI=1S/C14H19NO2/c1-15-8-4-6-10-11-5-3-7-13(16-2)14(11)17-9-12(10)15/h3,5,7,10,12H,4,6,8-9H2,1-2H3/t10-,12-/m1/s1. The molecule has 0 radical (unpaired) electrons. The van der Waals surface area contributed by atoms with Crippen molar-refractivity contribution >= 4 is 0 Å².